The number of ether oxygens (including phenoxy) is 1. The molecule has 0 amide bonds. The molecule has 0 unspecified atom stereocenters. The van der Waals surface area contributed by atoms with E-state index in [0.717, 1.165) is 18.0 Å². The molecule has 2 aromatic rings. The molecule has 1 aromatic heterocycles. The molecule has 0 bridgehead atoms. The van der Waals surface area contributed by atoms with Crippen LogP contribution in [-0.2, 0) is 6.54 Å². The second-order valence-electron chi connectivity index (χ2n) is 5.19. The fourth-order valence-electron chi connectivity index (χ4n) is 2.04. The molecule has 0 aliphatic heterocycles. The van der Waals surface area contributed by atoms with Crippen LogP contribution < -0.4 is 10.1 Å². The van der Waals surface area contributed by atoms with Crippen LogP contribution in [0.25, 0.3) is 0 Å². The Bertz CT molecular complexity index is 561. The van der Waals surface area contributed by atoms with E-state index in [0.29, 0.717) is 12.6 Å². The van der Waals surface area contributed by atoms with Gasteiger partial charge in [0.15, 0.2) is 0 Å². The number of nitrogens with zero attached hydrogens (tertiary/aromatic N) is 2. The van der Waals surface area contributed by atoms with E-state index in [2.05, 4.69) is 49.5 Å². The van der Waals surface area contributed by atoms with Gasteiger partial charge in [-0.15, -0.1) is 0 Å². The summed E-state index contributed by atoms with van der Waals surface area (Å²) in [5.41, 5.74) is 3.50. The van der Waals surface area contributed by atoms with Crippen molar-refractivity contribution in [3.63, 3.8) is 0 Å². The molecule has 20 heavy (non-hydrogen) atoms. The molecular formula is C16H23N3O. The van der Waals surface area contributed by atoms with Crippen LogP contribution in [0, 0.1) is 6.92 Å². The lowest BCUT2D eigenvalue weighted by Crippen LogP contribution is -2.02. The molecule has 108 valence electrons. The molecule has 4 nitrogen and oxygen atoms in total. The first-order valence-corrected chi connectivity index (χ1v) is 7.10. The van der Waals surface area contributed by atoms with Gasteiger partial charge in [-0.05, 0) is 51.5 Å². The van der Waals surface area contributed by atoms with Crippen molar-refractivity contribution < 1.29 is 4.74 Å². The van der Waals surface area contributed by atoms with Crippen molar-refractivity contribution in [2.24, 2.45) is 0 Å². The largest absolute Gasteiger partial charge is 0.494 e. The number of rotatable bonds is 6. The third-order valence-corrected chi connectivity index (χ3v) is 3.18. The van der Waals surface area contributed by atoms with Crippen molar-refractivity contribution in [3.05, 3.63) is 41.7 Å². The minimum atomic E-state index is 0.399. The summed E-state index contributed by atoms with van der Waals surface area (Å²) in [5.74, 6) is 0.920. The second-order valence-corrected chi connectivity index (χ2v) is 5.19. The zero-order valence-corrected chi connectivity index (χ0v) is 12.7. The molecule has 0 aliphatic rings. The maximum Gasteiger partial charge on any atom is 0.119 e. The molecule has 4 heteroatoms. The van der Waals surface area contributed by atoms with Gasteiger partial charge in [0.05, 0.1) is 12.8 Å². The Morgan fingerprint density at radius 3 is 2.75 bits per heavy atom. The van der Waals surface area contributed by atoms with Crippen molar-refractivity contribution >= 4 is 5.69 Å². The first kappa shape index (κ1) is 14.4. The molecule has 0 saturated heterocycles. The number of aromatic nitrogens is 2. The molecule has 0 aliphatic carbocycles. The standard InChI is InChI=1S/C16H23N3O/c1-5-20-15-6-7-16(13(4)8-15)17-9-14-10-18-19(11-14)12(2)3/h6-8,10-12,17H,5,9H2,1-4H3. The molecule has 2 rings (SSSR count). The number of nitrogens with one attached hydrogen (secondary N) is 1. The zero-order chi connectivity index (χ0) is 14.5. The van der Waals surface area contributed by atoms with Gasteiger partial charge in [0.1, 0.15) is 5.75 Å². The Morgan fingerprint density at radius 2 is 2.15 bits per heavy atom. The molecule has 0 atom stereocenters. The highest BCUT2D eigenvalue weighted by molar-refractivity contribution is 5.53. The minimum Gasteiger partial charge on any atom is -0.494 e. The summed E-state index contributed by atoms with van der Waals surface area (Å²) in [6.07, 6.45) is 4.00. The van der Waals surface area contributed by atoms with Gasteiger partial charge < -0.3 is 10.1 Å². The van der Waals surface area contributed by atoms with E-state index >= 15 is 0 Å². The molecular weight excluding hydrogens is 250 g/mol. The molecule has 1 heterocycles. The number of aryl methyl sites for hydroxylation is 1. The lowest BCUT2D eigenvalue weighted by Gasteiger charge is -2.11. The van der Waals surface area contributed by atoms with Gasteiger partial charge in [-0.25, -0.2) is 0 Å². The minimum absolute atomic E-state index is 0.399. The van der Waals surface area contributed by atoms with Crippen molar-refractivity contribution in [2.45, 2.75) is 40.3 Å². The predicted octanol–water partition coefficient (Wildman–Crippen LogP) is 3.78. The molecule has 1 aromatic carbocycles. The summed E-state index contributed by atoms with van der Waals surface area (Å²) in [6, 6.07) is 6.52. The van der Waals surface area contributed by atoms with Gasteiger partial charge in [0, 0.05) is 30.0 Å². The van der Waals surface area contributed by atoms with Crippen molar-refractivity contribution in [3.8, 4) is 5.75 Å². The van der Waals surface area contributed by atoms with Gasteiger partial charge in [-0.2, -0.15) is 5.10 Å². The Balaban J connectivity index is 1.99. The normalized spacial score (nSPS) is 10.8. The van der Waals surface area contributed by atoms with Gasteiger partial charge in [-0.3, -0.25) is 4.68 Å². The highest BCUT2D eigenvalue weighted by Crippen LogP contribution is 2.22. The quantitative estimate of drug-likeness (QED) is 0.870. The van der Waals surface area contributed by atoms with Crippen molar-refractivity contribution in [2.75, 3.05) is 11.9 Å². The number of benzene rings is 1. The smallest absolute Gasteiger partial charge is 0.119 e. The molecule has 0 fully saturated rings. The van der Waals surface area contributed by atoms with Crippen LogP contribution in [0.4, 0.5) is 5.69 Å². The Kier molecular flexibility index (Phi) is 4.66. The predicted molar refractivity (Wildman–Crippen MR) is 82.3 cm³/mol. The molecule has 1 N–H and O–H groups in total. The fourth-order valence-corrected chi connectivity index (χ4v) is 2.04. The SMILES string of the molecule is CCOc1ccc(NCc2cnn(C(C)C)c2)c(C)c1. The van der Waals surface area contributed by atoms with E-state index in [1.807, 2.05) is 23.9 Å². The van der Waals surface area contributed by atoms with Gasteiger partial charge >= 0.3 is 0 Å². The number of hydrogen-bond donors (Lipinski definition) is 1. The summed E-state index contributed by atoms with van der Waals surface area (Å²) in [4.78, 5) is 0. The first-order valence-electron chi connectivity index (χ1n) is 7.10. The monoisotopic (exact) mass is 273 g/mol. The summed E-state index contributed by atoms with van der Waals surface area (Å²) in [6.45, 7) is 9.81. The zero-order valence-electron chi connectivity index (χ0n) is 12.7. The van der Waals surface area contributed by atoms with Crippen LogP contribution >= 0.6 is 0 Å². The van der Waals surface area contributed by atoms with Crippen LogP contribution in [-0.4, -0.2) is 16.4 Å². The Labute approximate surface area is 120 Å². The average Bonchev–Trinajstić information content (AvgIpc) is 2.87. The number of anilines is 1. The Hall–Kier alpha value is -1.97. The second kappa shape index (κ2) is 6.46. The van der Waals surface area contributed by atoms with Crippen LogP contribution in [0.3, 0.4) is 0 Å². The van der Waals surface area contributed by atoms with Gasteiger partial charge in [0.2, 0.25) is 0 Å². The number of hydrogen-bond acceptors (Lipinski definition) is 3. The summed E-state index contributed by atoms with van der Waals surface area (Å²) in [7, 11) is 0. The van der Waals surface area contributed by atoms with Crippen LogP contribution in [0.2, 0.25) is 0 Å². The van der Waals surface area contributed by atoms with Gasteiger partial charge in [-0.1, -0.05) is 0 Å². The third kappa shape index (κ3) is 3.53. The summed E-state index contributed by atoms with van der Waals surface area (Å²) < 4.78 is 7.47. The van der Waals surface area contributed by atoms with Crippen molar-refractivity contribution in [1.29, 1.82) is 0 Å². The molecule has 0 spiro atoms. The highest BCUT2D eigenvalue weighted by atomic mass is 16.5. The molecule has 0 radical (unpaired) electrons. The van der Waals surface area contributed by atoms with Gasteiger partial charge in [0.25, 0.3) is 0 Å². The third-order valence-electron chi connectivity index (χ3n) is 3.18. The summed E-state index contributed by atoms with van der Waals surface area (Å²) in [5, 5.41) is 7.79. The van der Waals surface area contributed by atoms with E-state index in [4.69, 9.17) is 4.74 Å². The Morgan fingerprint density at radius 1 is 1.35 bits per heavy atom. The van der Waals surface area contributed by atoms with E-state index < -0.39 is 0 Å². The lowest BCUT2D eigenvalue weighted by molar-refractivity contribution is 0.340. The van der Waals surface area contributed by atoms with Crippen LogP contribution in [0.1, 0.15) is 37.9 Å². The fraction of sp³-hybridized carbons (Fsp3) is 0.438. The van der Waals surface area contributed by atoms with Crippen LogP contribution in [0.5, 0.6) is 5.75 Å². The van der Waals surface area contributed by atoms with Crippen LogP contribution in [0.15, 0.2) is 30.6 Å². The topological polar surface area (TPSA) is 39.1 Å². The van der Waals surface area contributed by atoms with E-state index in [9.17, 15) is 0 Å². The average molecular weight is 273 g/mol. The van der Waals surface area contributed by atoms with Crippen molar-refractivity contribution in [1.82, 2.24) is 9.78 Å². The highest BCUT2D eigenvalue weighted by Gasteiger charge is 2.04. The van der Waals surface area contributed by atoms with E-state index in [1.54, 1.807) is 0 Å². The molecule has 0 saturated carbocycles. The lowest BCUT2D eigenvalue weighted by atomic mass is 10.2. The first-order chi connectivity index (χ1) is 9.60. The van der Waals surface area contributed by atoms with E-state index in [1.165, 1.54) is 11.1 Å². The maximum absolute atomic E-state index is 5.49. The summed E-state index contributed by atoms with van der Waals surface area (Å²) >= 11 is 0. The van der Waals surface area contributed by atoms with E-state index in [-0.39, 0.29) is 0 Å². The maximum atomic E-state index is 5.49.